The van der Waals surface area contributed by atoms with Crippen LogP contribution in [0.5, 0.6) is 0 Å². The van der Waals surface area contributed by atoms with Crippen molar-refractivity contribution in [3.05, 3.63) is 41.0 Å². The maximum absolute atomic E-state index is 12.6. The van der Waals surface area contributed by atoms with Gasteiger partial charge in [-0.1, -0.05) is 30.2 Å². The molecule has 1 fully saturated rings. The van der Waals surface area contributed by atoms with E-state index in [9.17, 15) is 9.59 Å². The van der Waals surface area contributed by atoms with E-state index < -0.39 is 0 Å². The van der Waals surface area contributed by atoms with Crippen molar-refractivity contribution in [3.63, 3.8) is 0 Å². The predicted molar refractivity (Wildman–Crippen MR) is 82.9 cm³/mol. The normalized spacial score (nSPS) is 25.6. The summed E-state index contributed by atoms with van der Waals surface area (Å²) in [5.41, 5.74) is 4.46. The predicted octanol–water partition coefficient (Wildman–Crippen LogP) is 3.48. The highest BCUT2D eigenvalue weighted by atomic mass is 16.2. The smallest absolute Gasteiger partial charge is 0.238 e. The maximum Gasteiger partial charge on any atom is 0.238 e. The van der Waals surface area contributed by atoms with Gasteiger partial charge in [-0.05, 0) is 50.8 Å². The molecule has 1 aromatic carbocycles. The number of aryl methyl sites for hydroxylation is 1. The van der Waals surface area contributed by atoms with Gasteiger partial charge >= 0.3 is 0 Å². The summed E-state index contributed by atoms with van der Waals surface area (Å²) in [7, 11) is 0. The zero-order valence-corrected chi connectivity index (χ0v) is 12.8. The number of benzene rings is 1. The van der Waals surface area contributed by atoms with E-state index in [1.807, 2.05) is 24.3 Å². The molecule has 2 aliphatic rings. The van der Waals surface area contributed by atoms with Gasteiger partial charge in [0.2, 0.25) is 11.8 Å². The molecule has 1 aliphatic carbocycles. The van der Waals surface area contributed by atoms with E-state index in [1.54, 1.807) is 0 Å². The number of rotatable bonds is 2. The third kappa shape index (κ3) is 2.21. The Morgan fingerprint density at radius 3 is 1.86 bits per heavy atom. The van der Waals surface area contributed by atoms with E-state index >= 15 is 0 Å². The van der Waals surface area contributed by atoms with Crippen LogP contribution in [-0.4, -0.2) is 11.8 Å². The fraction of sp³-hybridized carbons (Fsp3) is 0.444. The summed E-state index contributed by atoms with van der Waals surface area (Å²) >= 11 is 0. The molecule has 2 atom stereocenters. The molecule has 110 valence electrons. The second-order valence-electron chi connectivity index (χ2n) is 6.21. The highest BCUT2D eigenvalue weighted by molar-refractivity contribution is 6.22. The monoisotopic (exact) mass is 283 g/mol. The van der Waals surface area contributed by atoms with Crippen LogP contribution in [0.15, 0.2) is 35.4 Å². The van der Waals surface area contributed by atoms with Gasteiger partial charge in [-0.25, -0.2) is 0 Å². The van der Waals surface area contributed by atoms with Crippen molar-refractivity contribution in [3.8, 4) is 0 Å². The number of anilines is 1. The van der Waals surface area contributed by atoms with Crippen LogP contribution < -0.4 is 4.90 Å². The highest BCUT2D eigenvalue weighted by Gasteiger charge is 2.49. The molecule has 3 nitrogen and oxygen atoms in total. The summed E-state index contributed by atoms with van der Waals surface area (Å²) < 4.78 is 0. The number of fused-ring (bicyclic) bond motifs is 1. The maximum atomic E-state index is 12.6. The van der Waals surface area contributed by atoms with Crippen LogP contribution in [0.4, 0.5) is 5.69 Å². The number of hydrogen-bond donors (Lipinski definition) is 0. The van der Waals surface area contributed by atoms with E-state index in [4.69, 9.17) is 0 Å². The van der Waals surface area contributed by atoms with Crippen LogP contribution in [0, 0.1) is 11.8 Å². The molecule has 3 heteroatoms. The molecule has 1 heterocycles. The Hall–Kier alpha value is -1.90. The molecular formula is C18H21NO2. The lowest BCUT2D eigenvalue weighted by atomic mass is 9.78. The van der Waals surface area contributed by atoms with Crippen molar-refractivity contribution in [1.82, 2.24) is 0 Å². The molecule has 1 aromatic rings. The lowest BCUT2D eigenvalue weighted by Crippen LogP contribution is -2.30. The largest absolute Gasteiger partial charge is 0.274 e. The number of allylic oxidation sites excluding steroid dienone is 2. The molecule has 0 saturated carbocycles. The fourth-order valence-corrected chi connectivity index (χ4v) is 3.39. The van der Waals surface area contributed by atoms with Crippen LogP contribution >= 0.6 is 0 Å². The van der Waals surface area contributed by atoms with E-state index in [-0.39, 0.29) is 23.7 Å². The van der Waals surface area contributed by atoms with E-state index in [1.165, 1.54) is 21.6 Å². The van der Waals surface area contributed by atoms with Gasteiger partial charge in [0.1, 0.15) is 0 Å². The molecule has 0 radical (unpaired) electrons. The summed E-state index contributed by atoms with van der Waals surface area (Å²) in [6.07, 6.45) is 2.41. The minimum atomic E-state index is -0.160. The van der Waals surface area contributed by atoms with Crippen LogP contribution in [0.3, 0.4) is 0 Å². The van der Waals surface area contributed by atoms with Crippen molar-refractivity contribution < 1.29 is 9.59 Å². The van der Waals surface area contributed by atoms with Crippen molar-refractivity contribution in [2.24, 2.45) is 11.8 Å². The zero-order chi connectivity index (χ0) is 15.1. The van der Waals surface area contributed by atoms with Crippen molar-refractivity contribution in [2.75, 3.05) is 4.90 Å². The van der Waals surface area contributed by atoms with Gasteiger partial charge in [0, 0.05) is 0 Å². The van der Waals surface area contributed by atoms with Crippen molar-refractivity contribution in [1.29, 1.82) is 0 Å². The first-order valence-corrected chi connectivity index (χ1v) is 7.65. The number of imide groups is 1. The summed E-state index contributed by atoms with van der Waals surface area (Å²) in [6, 6.07) is 7.76. The molecular weight excluding hydrogens is 262 g/mol. The van der Waals surface area contributed by atoms with Crippen LogP contribution in [0.2, 0.25) is 0 Å². The summed E-state index contributed by atoms with van der Waals surface area (Å²) in [5, 5.41) is 0. The van der Waals surface area contributed by atoms with Gasteiger partial charge in [-0.15, -0.1) is 0 Å². The fourth-order valence-electron chi connectivity index (χ4n) is 3.39. The number of hydrogen-bond acceptors (Lipinski definition) is 2. The summed E-state index contributed by atoms with van der Waals surface area (Å²) in [4.78, 5) is 26.7. The third-order valence-corrected chi connectivity index (χ3v) is 4.94. The van der Waals surface area contributed by atoms with Gasteiger partial charge in [-0.2, -0.15) is 0 Å². The van der Waals surface area contributed by atoms with E-state index in [2.05, 4.69) is 20.8 Å². The minimum absolute atomic E-state index is 0.0268. The quantitative estimate of drug-likeness (QED) is 0.615. The molecule has 0 bridgehead atoms. The minimum Gasteiger partial charge on any atom is -0.274 e. The topological polar surface area (TPSA) is 37.4 Å². The third-order valence-electron chi connectivity index (χ3n) is 4.94. The molecule has 2 unspecified atom stereocenters. The highest BCUT2D eigenvalue weighted by Crippen LogP contribution is 2.42. The molecule has 0 spiro atoms. The number of carbonyl (C=O) groups excluding carboxylic acids is 2. The van der Waals surface area contributed by atoms with Crippen molar-refractivity contribution >= 4 is 17.5 Å². The van der Waals surface area contributed by atoms with Crippen LogP contribution in [0.25, 0.3) is 0 Å². The van der Waals surface area contributed by atoms with Gasteiger partial charge in [-0.3, -0.25) is 14.5 Å². The average molecular weight is 283 g/mol. The van der Waals surface area contributed by atoms with Gasteiger partial charge in [0.15, 0.2) is 0 Å². The Morgan fingerprint density at radius 1 is 0.952 bits per heavy atom. The summed E-state index contributed by atoms with van der Waals surface area (Å²) in [5.74, 6) is -0.374. The molecule has 3 rings (SSSR count). The van der Waals surface area contributed by atoms with Gasteiger partial charge in [0.05, 0.1) is 17.5 Å². The van der Waals surface area contributed by atoms with Crippen LogP contribution in [0.1, 0.15) is 39.2 Å². The Kier molecular flexibility index (Phi) is 3.44. The lowest BCUT2D eigenvalue weighted by Gasteiger charge is -2.23. The Balaban J connectivity index is 1.92. The molecule has 1 saturated heterocycles. The Morgan fingerprint density at radius 2 is 1.43 bits per heavy atom. The summed E-state index contributed by atoms with van der Waals surface area (Å²) in [6.45, 7) is 6.23. The average Bonchev–Trinajstić information content (AvgIpc) is 2.72. The molecule has 2 amide bonds. The Labute approximate surface area is 125 Å². The molecule has 21 heavy (non-hydrogen) atoms. The lowest BCUT2D eigenvalue weighted by molar-refractivity contribution is -0.122. The number of amides is 2. The SMILES string of the molecule is CCc1ccc(N2C(=O)C3CC(C)=C(C)CC3C2=O)cc1. The van der Waals surface area contributed by atoms with E-state index in [0.717, 1.165) is 19.3 Å². The molecule has 0 aromatic heterocycles. The first-order chi connectivity index (χ1) is 10.0. The second-order valence-corrected chi connectivity index (χ2v) is 6.21. The zero-order valence-electron chi connectivity index (χ0n) is 12.8. The first-order valence-electron chi connectivity index (χ1n) is 7.65. The number of nitrogens with zero attached hydrogens (tertiary/aromatic N) is 1. The van der Waals surface area contributed by atoms with Gasteiger partial charge in [0.25, 0.3) is 0 Å². The standard InChI is InChI=1S/C18H21NO2/c1-4-13-5-7-14(8-6-13)19-17(20)15-9-11(2)12(3)10-16(15)18(19)21/h5-8,15-16H,4,9-10H2,1-3H3. The second kappa shape index (κ2) is 5.14. The van der Waals surface area contributed by atoms with Crippen LogP contribution in [-0.2, 0) is 16.0 Å². The van der Waals surface area contributed by atoms with E-state index in [0.29, 0.717) is 5.69 Å². The Bertz CT molecular complexity index is 595. The van der Waals surface area contributed by atoms with Crippen molar-refractivity contribution in [2.45, 2.75) is 40.0 Å². The molecule has 1 aliphatic heterocycles. The van der Waals surface area contributed by atoms with Gasteiger partial charge < -0.3 is 0 Å². The number of carbonyl (C=O) groups is 2. The molecule has 0 N–H and O–H groups in total. The first kappa shape index (κ1) is 14.1.